The molecule has 0 aromatic heterocycles. The maximum atomic E-state index is 5.11. The number of rotatable bonds is 7. The molecule has 0 saturated heterocycles. The second-order valence-electron chi connectivity index (χ2n) is 5.14. The van der Waals surface area contributed by atoms with Crippen molar-refractivity contribution in [1.82, 2.24) is 5.32 Å². The molecule has 102 valence electrons. The van der Waals surface area contributed by atoms with Gasteiger partial charge < -0.3 is 10.1 Å². The number of aryl methyl sites for hydroxylation is 3. The molecule has 0 heterocycles. The monoisotopic (exact) mass is 249 g/mol. The minimum atomic E-state index is 0.461. The first-order valence-corrected chi connectivity index (χ1v) is 6.84. The average Bonchev–Trinajstić information content (AvgIpc) is 2.31. The molecule has 0 amide bonds. The molecule has 2 nitrogen and oxygen atoms in total. The van der Waals surface area contributed by atoms with Gasteiger partial charge in [-0.15, -0.1) is 0 Å². The summed E-state index contributed by atoms with van der Waals surface area (Å²) in [5.41, 5.74) is 5.63. The van der Waals surface area contributed by atoms with Crippen molar-refractivity contribution in [1.29, 1.82) is 0 Å². The van der Waals surface area contributed by atoms with Gasteiger partial charge in [0.1, 0.15) is 0 Å². The third kappa shape index (κ3) is 4.11. The van der Waals surface area contributed by atoms with Crippen LogP contribution in [0.1, 0.15) is 47.6 Å². The molecule has 18 heavy (non-hydrogen) atoms. The highest BCUT2D eigenvalue weighted by molar-refractivity contribution is 5.39. The van der Waals surface area contributed by atoms with Gasteiger partial charge in [-0.05, 0) is 63.8 Å². The third-order valence-corrected chi connectivity index (χ3v) is 3.53. The van der Waals surface area contributed by atoms with E-state index in [1.807, 2.05) is 0 Å². The molecule has 0 spiro atoms. The Morgan fingerprint density at radius 1 is 1.11 bits per heavy atom. The number of methoxy groups -OCH3 is 1. The standard InChI is InChI=1S/C16H27NO/c1-12-10-13(2)16(14(3)11-12)15(17-4)8-6-7-9-18-5/h10-11,15,17H,6-9H2,1-5H3. The van der Waals surface area contributed by atoms with Crippen LogP contribution in [0.2, 0.25) is 0 Å². The highest BCUT2D eigenvalue weighted by Gasteiger charge is 2.14. The fraction of sp³-hybridized carbons (Fsp3) is 0.625. The summed E-state index contributed by atoms with van der Waals surface area (Å²) in [7, 11) is 3.82. The lowest BCUT2D eigenvalue weighted by molar-refractivity contribution is 0.191. The van der Waals surface area contributed by atoms with E-state index in [4.69, 9.17) is 4.74 Å². The lowest BCUT2D eigenvalue weighted by atomic mass is 9.91. The molecule has 0 radical (unpaired) electrons. The Morgan fingerprint density at radius 3 is 2.22 bits per heavy atom. The number of benzene rings is 1. The largest absolute Gasteiger partial charge is 0.385 e. The fourth-order valence-electron chi connectivity index (χ4n) is 2.77. The predicted molar refractivity (Wildman–Crippen MR) is 78.2 cm³/mol. The van der Waals surface area contributed by atoms with Crippen molar-refractivity contribution in [2.45, 2.75) is 46.1 Å². The Balaban J connectivity index is 2.75. The van der Waals surface area contributed by atoms with Gasteiger partial charge in [-0.2, -0.15) is 0 Å². The summed E-state index contributed by atoms with van der Waals surface area (Å²) < 4.78 is 5.11. The molecule has 2 heteroatoms. The van der Waals surface area contributed by atoms with Gasteiger partial charge in [-0.1, -0.05) is 17.7 Å². The van der Waals surface area contributed by atoms with Crippen LogP contribution in [-0.2, 0) is 4.74 Å². The summed E-state index contributed by atoms with van der Waals surface area (Å²) >= 11 is 0. The Bertz CT molecular complexity index is 350. The van der Waals surface area contributed by atoms with Gasteiger partial charge >= 0.3 is 0 Å². The quantitative estimate of drug-likeness (QED) is 0.744. The van der Waals surface area contributed by atoms with Gasteiger partial charge in [0.15, 0.2) is 0 Å². The molecule has 0 saturated carbocycles. The minimum absolute atomic E-state index is 0.461. The number of hydrogen-bond donors (Lipinski definition) is 1. The molecule has 1 N–H and O–H groups in total. The van der Waals surface area contributed by atoms with E-state index in [0.29, 0.717) is 6.04 Å². The first kappa shape index (κ1) is 15.2. The molecule has 0 aliphatic heterocycles. The van der Waals surface area contributed by atoms with E-state index in [0.717, 1.165) is 13.0 Å². The normalized spacial score (nSPS) is 12.7. The summed E-state index contributed by atoms with van der Waals surface area (Å²) in [5.74, 6) is 0. The molecule has 0 aliphatic rings. The van der Waals surface area contributed by atoms with E-state index >= 15 is 0 Å². The Kier molecular flexibility index (Phi) is 6.37. The Hall–Kier alpha value is -0.860. The van der Waals surface area contributed by atoms with Crippen LogP contribution in [0, 0.1) is 20.8 Å². The van der Waals surface area contributed by atoms with Crippen LogP contribution in [0.5, 0.6) is 0 Å². The number of unbranched alkanes of at least 4 members (excludes halogenated alkanes) is 1. The molecule has 1 rings (SSSR count). The van der Waals surface area contributed by atoms with Crippen molar-refractivity contribution < 1.29 is 4.74 Å². The molecular weight excluding hydrogens is 222 g/mol. The number of hydrogen-bond acceptors (Lipinski definition) is 2. The van der Waals surface area contributed by atoms with Crippen LogP contribution in [0.3, 0.4) is 0 Å². The fourth-order valence-corrected chi connectivity index (χ4v) is 2.77. The van der Waals surface area contributed by atoms with Crippen LogP contribution in [0.4, 0.5) is 0 Å². The highest BCUT2D eigenvalue weighted by atomic mass is 16.5. The smallest absolute Gasteiger partial charge is 0.0462 e. The van der Waals surface area contributed by atoms with Crippen molar-refractivity contribution in [3.05, 3.63) is 34.4 Å². The highest BCUT2D eigenvalue weighted by Crippen LogP contribution is 2.26. The topological polar surface area (TPSA) is 21.3 Å². The van der Waals surface area contributed by atoms with Gasteiger partial charge in [0.05, 0.1) is 0 Å². The van der Waals surface area contributed by atoms with Crippen molar-refractivity contribution in [3.63, 3.8) is 0 Å². The second kappa shape index (κ2) is 7.55. The van der Waals surface area contributed by atoms with Crippen molar-refractivity contribution in [2.24, 2.45) is 0 Å². The van der Waals surface area contributed by atoms with Crippen LogP contribution in [0.25, 0.3) is 0 Å². The van der Waals surface area contributed by atoms with Gasteiger partial charge in [0.2, 0.25) is 0 Å². The van der Waals surface area contributed by atoms with E-state index in [-0.39, 0.29) is 0 Å². The van der Waals surface area contributed by atoms with Crippen molar-refractivity contribution in [2.75, 3.05) is 20.8 Å². The second-order valence-corrected chi connectivity index (χ2v) is 5.14. The zero-order valence-electron chi connectivity index (χ0n) is 12.5. The Labute approximate surface area is 112 Å². The van der Waals surface area contributed by atoms with Crippen molar-refractivity contribution >= 4 is 0 Å². The Morgan fingerprint density at radius 2 is 1.72 bits per heavy atom. The van der Waals surface area contributed by atoms with E-state index in [1.54, 1.807) is 7.11 Å². The number of nitrogens with one attached hydrogen (secondary N) is 1. The lowest BCUT2D eigenvalue weighted by Gasteiger charge is -2.22. The van der Waals surface area contributed by atoms with E-state index in [1.165, 1.54) is 35.1 Å². The van der Waals surface area contributed by atoms with Crippen LogP contribution in [0.15, 0.2) is 12.1 Å². The van der Waals surface area contributed by atoms with Gasteiger partial charge in [-0.3, -0.25) is 0 Å². The van der Waals surface area contributed by atoms with E-state index < -0.39 is 0 Å². The average molecular weight is 249 g/mol. The van der Waals surface area contributed by atoms with Crippen molar-refractivity contribution in [3.8, 4) is 0 Å². The van der Waals surface area contributed by atoms with Crippen LogP contribution < -0.4 is 5.32 Å². The molecular formula is C16H27NO. The molecule has 0 aliphatic carbocycles. The summed E-state index contributed by atoms with van der Waals surface area (Å²) in [6, 6.07) is 5.02. The van der Waals surface area contributed by atoms with E-state index in [9.17, 15) is 0 Å². The first-order valence-electron chi connectivity index (χ1n) is 6.84. The SMILES string of the molecule is CNC(CCCCOC)c1c(C)cc(C)cc1C. The zero-order chi connectivity index (χ0) is 13.5. The van der Waals surface area contributed by atoms with Gasteiger partial charge in [-0.25, -0.2) is 0 Å². The zero-order valence-corrected chi connectivity index (χ0v) is 12.5. The molecule has 0 bridgehead atoms. The van der Waals surface area contributed by atoms with Crippen LogP contribution in [-0.4, -0.2) is 20.8 Å². The maximum Gasteiger partial charge on any atom is 0.0462 e. The molecule has 1 aromatic rings. The lowest BCUT2D eigenvalue weighted by Crippen LogP contribution is -2.19. The molecule has 1 unspecified atom stereocenters. The summed E-state index contributed by atoms with van der Waals surface area (Å²) in [5, 5.41) is 3.46. The van der Waals surface area contributed by atoms with Gasteiger partial charge in [0.25, 0.3) is 0 Å². The van der Waals surface area contributed by atoms with Crippen LogP contribution >= 0.6 is 0 Å². The summed E-state index contributed by atoms with van der Waals surface area (Å²) in [4.78, 5) is 0. The third-order valence-electron chi connectivity index (χ3n) is 3.53. The maximum absolute atomic E-state index is 5.11. The molecule has 0 fully saturated rings. The van der Waals surface area contributed by atoms with Gasteiger partial charge in [0, 0.05) is 19.8 Å². The predicted octanol–water partition coefficient (Wildman–Crippen LogP) is 3.69. The first-order chi connectivity index (χ1) is 8.60. The summed E-state index contributed by atoms with van der Waals surface area (Å²) in [6.45, 7) is 7.46. The van der Waals surface area contributed by atoms with E-state index in [2.05, 4.69) is 45.3 Å². The molecule has 1 atom stereocenters. The molecule has 1 aromatic carbocycles. The minimum Gasteiger partial charge on any atom is -0.385 e. The number of ether oxygens (including phenoxy) is 1. The summed E-state index contributed by atoms with van der Waals surface area (Å²) in [6.07, 6.45) is 3.51.